The van der Waals surface area contributed by atoms with Crippen LogP contribution in [0.15, 0.2) is 16.9 Å². The van der Waals surface area contributed by atoms with Crippen LogP contribution in [0.4, 0.5) is 4.39 Å². The molecule has 0 fully saturated rings. The van der Waals surface area contributed by atoms with Crippen molar-refractivity contribution in [3.8, 4) is 0 Å². The summed E-state index contributed by atoms with van der Waals surface area (Å²) in [5.41, 5.74) is 1.76. The van der Waals surface area contributed by atoms with Crippen LogP contribution in [0.25, 0.3) is 11.0 Å². The largest absolute Gasteiger partial charge is 0.329 e. The molecule has 1 unspecified atom stereocenters. The maximum Gasteiger partial charge on any atom is 0.329 e. The number of fused-ring (bicyclic) bond motifs is 1. The first-order chi connectivity index (χ1) is 10.9. The molecule has 0 spiro atoms. The van der Waals surface area contributed by atoms with E-state index in [2.05, 4.69) is 5.32 Å². The molecule has 0 aliphatic rings. The van der Waals surface area contributed by atoms with Gasteiger partial charge in [-0.3, -0.25) is 24.0 Å². The van der Waals surface area contributed by atoms with Gasteiger partial charge in [-0.05, 0) is 37.5 Å². The first kappa shape index (κ1) is 16.9. The molecule has 2 aromatic rings. The number of carbonyl (C=O) groups is 2. The first-order valence-corrected chi connectivity index (χ1v) is 7.53. The number of benzene rings is 1. The number of amides is 2. The maximum absolute atomic E-state index is 13.9. The Kier molecular flexibility index (Phi) is 4.98. The standard InChI is InChI=1S/C16H20FN3O3/c1-4-11-7-12(17)8-13-15(11)19(3)16(23)20(13)10(2)5-6-14(22)18-9-21/h7-10H,4-6H2,1-3H3,(H,18,21,22). The van der Waals surface area contributed by atoms with E-state index in [1.165, 1.54) is 21.3 Å². The normalized spacial score (nSPS) is 12.3. The molecule has 0 saturated heterocycles. The van der Waals surface area contributed by atoms with Crippen LogP contribution in [-0.2, 0) is 23.1 Å². The van der Waals surface area contributed by atoms with E-state index >= 15 is 0 Å². The minimum atomic E-state index is -0.402. The van der Waals surface area contributed by atoms with Crippen molar-refractivity contribution in [3.05, 3.63) is 34.0 Å². The summed E-state index contributed by atoms with van der Waals surface area (Å²) in [5, 5.41) is 2.06. The summed E-state index contributed by atoms with van der Waals surface area (Å²) < 4.78 is 16.9. The van der Waals surface area contributed by atoms with Gasteiger partial charge in [-0.15, -0.1) is 0 Å². The lowest BCUT2D eigenvalue weighted by Crippen LogP contribution is -2.27. The van der Waals surface area contributed by atoms with E-state index in [0.717, 1.165) is 5.56 Å². The number of aromatic nitrogens is 2. The molecule has 0 radical (unpaired) electrons. The third-order valence-electron chi connectivity index (χ3n) is 4.05. The van der Waals surface area contributed by atoms with E-state index in [4.69, 9.17) is 0 Å². The molecule has 1 N–H and O–H groups in total. The second-order valence-corrected chi connectivity index (χ2v) is 5.57. The minimum absolute atomic E-state index is 0.110. The van der Waals surface area contributed by atoms with Gasteiger partial charge in [0.25, 0.3) is 0 Å². The highest BCUT2D eigenvalue weighted by atomic mass is 19.1. The molecule has 2 amide bonds. The van der Waals surface area contributed by atoms with Gasteiger partial charge in [0.1, 0.15) is 5.82 Å². The van der Waals surface area contributed by atoms with E-state index in [0.29, 0.717) is 30.3 Å². The van der Waals surface area contributed by atoms with E-state index in [9.17, 15) is 18.8 Å². The number of imidazole rings is 1. The fourth-order valence-corrected chi connectivity index (χ4v) is 2.87. The Hall–Kier alpha value is -2.44. The number of carbonyl (C=O) groups excluding carboxylic acids is 2. The SMILES string of the molecule is CCc1cc(F)cc2c1n(C)c(=O)n2C(C)CCC(=O)NC=O. The van der Waals surface area contributed by atoms with Crippen molar-refractivity contribution in [2.45, 2.75) is 39.2 Å². The summed E-state index contributed by atoms with van der Waals surface area (Å²) in [6, 6.07) is 2.49. The van der Waals surface area contributed by atoms with Crippen molar-refractivity contribution in [1.82, 2.24) is 14.5 Å². The second kappa shape index (κ2) is 6.76. The molecule has 23 heavy (non-hydrogen) atoms. The third-order valence-corrected chi connectivity index (χ3v) is 4.05. The molecule has 2 rings (SSSR count). The molecule has 0 saturated carbocycles. The molecule has 1 atom stereocenters. The number of hydrogen-bond donors (Lipinski definition) is 1. The summed E-state index contributed by atoms with van der Waals surface area (Å²) in [6.45, 7) is 3.70. The number of rotatable bonds is 6. The highest BCUT2D eigenvalue weighted by Gasteiger charge is 2.19. The number of imide groups is 1. The highest BCUT2D eigenvalue weighted by Crippen LogP contribution is 2.24. The van der Waals surface area contributed by atoms with Gasteiger partial charge < -0.3 is 0 Å². The molecule has 124 valence electrons. The predicted molar refractivity (Wildman–Crippen MR) is 84.7 cm³/mol. The van der Waals surface area contributed by atoms with Gasteiger partial charge in [-0.1, -0.05) is 6.92 Å². The van der Waals surface area contributed by atoms with Crippen LogP contribution >= 0.6 is 0 Å². The number of nitrogens with one attached hydrogen (secondary N) is 1. The van der Waals surface area contributed by atoms with Gasteiger partial charge in [-0.25, -0.2) is 9.18 Å². The Balaban J connectivity index is 2.46. The number of nitrogens with zero attached hydrogens (tertiary/aromatic N) is 2. The molecule has 7 heteroatoms. The van der Waals surface area contributed by atoms with Gasteiger partial charge >= 0.3 is 5.69 Å². The van der Waals surface area contributed by atoms with Crippen molar-refractivity contribution < 1.29 is 14.0 Å². The predicted octanol–water partition coefficient (Wildman–Crippen LogP) is 1.66. The summed E-state index contributed by atoms with van der Waals surface area (Å²) >= 11 is 0. The van der Waals surface area contributed by atoms with Gasteiger partial charge in [0, 0.05) is 19.5 Å². The zero-order valence-electron chi connectivity index (χ0n) is 13.4. The lowest BCUT2D eigenvalue weighted by Gasteiger charge is -2.13. The van der Waals surface area contributed by atoms with Gasteiger partial charge in [-0.2, -0.15) is 0 Å². The van der Waals surface area contributed by atoms with Crippen molar-refractivity contribution >= 4 is 23.4 Å². The van der Waals surface area contributed by atoms with Gasteiger partial charge in [0.05, 0.1) is 11.0 Å². The Morgan fingerprint density at radius 1 is 1.43 bits per heavy atom. The van der Waals surface area contributed by atoms with E-state index < -0.39 is 5.91 Å². The monoisotopic (exact) mass is 321 g/mol. The zero-order chi connectivity index (χ0) is 17.1. The molecule has 6 nitrogen and oxygen atoms in total. The summed E-state index contributed by atoms with van der Waals surface area (Å²) in [6.07, 6.45) is 1.43. The topological polar surface area (TPSA) is 73.1 Å². The van der Waals surface area contributed by atoms with Crippen molar-refractivity contribution in [3.63, 3.8) is 0 Å². The van der Waals surface area contributed by atoms with Crippen LogP contribution in [0.3, 0.4) is 0 Å². The van der Waals surface area contributed by atoms with Crippen LogP contribution in [0, 0.1) is 5.82 Å². The van der Waals surface area contributed by atoms with Crippen molar-refractivity contribution in [2.75, 3.05) is 0 Å². The smallest absolute Gasteiger partial charge is 0.299 e. The Morgan fingerprint density at radius 3 is 2.74 bits per heavy atom. The summed E-state index contributed by atoms with van der Waals surface area (Å²) in [7, 11) is 1.66. The Labute approximate surface area is 132 Å². The minimum Gasteiger partial charge on any atom is -0.299 e. The van der Waals surface area contributed by atoms with Crippen LogP contribution < -0.4 is 11.0 Å². The van der Waals surface area contributed by atoms with Crippen LogP contribution in [0.5, 0.6) is 0 Å². The average Bonchev–Trinajstić information content (AvgIpc) is 2.76. The maximum atomic E-state index is 13.9. The third kappa shape index (κ3) is 3.18. The van der Waals surface area contributed by atoms with Crippen molar-refractivity contribution in [1.29, 1.82) is 0 Å². The van der Waals surface area contributed by atoms with Gasteiger partial charge in [0.2, 0.25) is 12.3 Å². The zero-order valence-corrected chi connectivity index (χ0v) is 13.4. The van der Waals surface area contributed by atoms with E-state index in [-0.39, 0.29) is 24.0 Å². The second-order valence-electron chi connectivity index (χ2n) is 5.57. The Bertz CT molecular complexity index is 807. The fraction of sp³-hybridized carbons (Fsp3) is 0.438. The number of hydrogen-bond acceptors (Lipinski definition) is 3. The molecule has 0 bridgehead atoms. The Morgan fingerprint density at radius 2 is 2.13 bits per heavy atom. The van der Waals surface area contributed by atoms with Crippen LogP contribution in [0.1, 0.15) is 38.3 Å². The summed E-state index contributed by atoms with van der Waals surface area (Å²) in [4.78, 5) is 34.2. The molecule has 0 aliphatic carbocycles. The lowest BCUT2D eigenvalue weighted by atomic mass is 10.1. The van der Waals surface area contributed by atoms with E-state index in [1.54, 1.807) is 14.0 Å². The quantitative estimate of drug-likeness (QED) is 0.822. The van der Waals surface area contributed by atoms with Gasteiger partial charge in [0.15, 0.2) is 0 Å². The molecule has 1 aromatic carbocycles. The number of aryl methyl sites for hydroxylation is 2. The fourth-order valence-electron chi connectivity index (χ4n) is 2.87. The summed E-state index contributed by atoms with van der Waals surface area (Å²) in [5.74, 6) is -0.792. The lowest BCUT2D eigenvalue weighted by molar-refractivity contribution is -0.125. The number of halogens is 1. The molecule has 1 aromatic heterocycles. The molecule has 0 aliphatic heterocycles. The first-order valence-electron chi connectivity index (χ1n) is 7.53. The van der Waals surface area contributed by atoms with Crippen LogP contribution in [0.2, 0.25) is 0 Å². The molecular weight excluding hydrogens is 301 g/mol. The molecule has 1 heterocycles. The van der Waals surface area contributed by atoms with Crippen LogP contribution in [-0.4, -0.2) is 21.5 Å². The average molecular weight is 321 g/mol. The van der Waals surface area contributed by atoms with E-state index in [1.807, 2.05) is 6.92 Å². The molecular formula is C16H20FN3O3. The highest BCUT2D eigenvalue weighted by molar-refractivity contribution is 5.85. The van der Waals surface area contributed by atoms with Crippen molar-refractivity contribution in [2.24, 2.45) is 7.05 Å².